The fraction of sp³-hybridized carbons (Fsp3) is 0.412. The van der Waals surface area contributed by atoms with E-state index in [1.54, 1.807) is 29.1 Å². The van der Waals surface area contributed by atoms with E-state index in [0.29, 0.717) is 54.6 Å². The zero-order valence-corrected chi connectivity index (χ0v) is 27.7. The third-order valence-electron chi connectivity index (χ3n) is 9.46. The van der Waals surface area contributed by atoms with Crippen LogP contribution in [0.15, 0.2) is 67.1 Å². The van der Waals surface area contributed by atoms with Gasteiger partial charge in [-0.1, -0.05) is 42.5 Å². The standard InChI is InChI=1S/C34H41N11O6/c46-17-23(11-20-5-2-1-3-6-20)38-31-28-32(44(19-36-28)26-13-27(30(50)29(26)49)45-37-15-24(18-47)42-45)41-33(40-31)43-10-9-22(16-43)39-34(51)35-14-21-7-4-8-25(48)12-21/h1-8,12,15,19,22-23,26-27,29-30,46-50H,9-11,13-14,16-18H2,(H2,35,39,51)(H,38,40,41)/t22-,23+,26-,27+,29+,30-/m1/s1. The van der Waals surface area contributed by atoms with Gasteiger partial charge in [0.2, 0.25) is 5.95 Å². The summed E-state index contributed by atoms with van der Waals surface area (Å²) >= 11 is 0. The highest BCUT2D eigenvalue weighted by Crippen LogP contribution is 2.40. The maximum Gasteiger partial charge on any atom is 0.315 e. The van der Waals surface area contributed by atoms with E-state index in [4.69, 9.17) is 9.97 Å². The Morgan fingerprint density at radius 3 is 2.57 bits per heavy atom. The topological polar surface area (TPSA) is 232 Å². The minimum atomic E-state index is -1.20. The molecule has 268 valence electrons. The van der Waals surface area contributed by atoms with Gasteiger partial charge in [-0.05, 0) is 42.5 Å². The van der Waals surface area contributed by atoms with Crippen LogP contribution in [-0.2, 0) is 19.6 Å². The maximum atomic E-state index is 12.7. The van der Waals surface area contributed by atoms with Crippen molar-refractivity contribution in [3.8, 4) is 5.75 Å². The zero-order chi connectivity index (χ0) is 35.5. The summed E-state index contributed by atoms with van der Waals surface area (Å²) in [4.78, 5) is 30.4. The van der Waals surface area contributed by atoms with Crippen molar-refractivity contribution in [2.24, 2.45) is 0 Å². The summed E-state index contributed by atoms with van der Waals surface area (Å²) in [5.41, 5.74) is 2.99. The van der Waals surface area contributed by atoms with Crippen molar-refractivity contribution in [1.29, 1.82) is 0 Å². The predicted octanol–water partition coefficient (Wildman–Crippen LogP) is 0.617. The average molecular weight is 700 g/mol. The number of phenols is 1. The molecule has 1 aliphatic carbocycles. The minimum absolute atomic E-state index is 0.128. The van der Waals surface area contributed by atoms with Gasteiger partial charge in [-0.2, -0.15) is 25.0 Å². The number of nitrogens with zero attached hydrogens (tertiary/aromatic N) is 8. The van der Waals surface area contributed by atoms with Crippen molar-refractivity contribution in [2.45, 2.75) is 68.8 Å². The summed E-state index contributed by atoms with van der Waals surface area (Å²) < 4.78 is 1.72. The Balaban J connectivity index is 1.14. The van der Waals surface area contributed by atoms with Gasteiger partial charge >= 0.3 is 6.03 Å². The summed E-state index contributed by atoms with van der Waals surface area (Å²) in [7, 11) is 0. The van der Waals surface area contributed by atoms with E-state index < -0.39 is 30.3 Å². The second-order valence-corrected chi connectivity index (χ2v) is 13.0. The average Bonchev–Trinajstić information content (AvgIpc) is 3.95. The van der Waals surface area contributed by atoms with Gasteiger partial charge in [0.15, 0.2) is 17.0 Å². The fourth-order valence-corrected chi connectivity index (χ4v) is 6.82. The third kappa shape index (κ3) is 7.41. The lowest BCUT2D eigenvalue weighted by atomic mass is 10.1. The van der Waals surface area contributed by atoms with Crippen molar-refractivity contribution in [2.75, 3.05) is 29.9 Å². The number of hydrogen-bond acceptors (Lipinski definition) is 13. The Kier molecular flexibility index (Phi) is 9.94. The molecule has 2 amide bonds. The third-order valence-corrected chi connectivity index (χ3v) is 9.46. The molecule has 17 nitrogen and oxygen atoms in total. The van der Waals surface area contributed by atoms with Gasteiger partial charge in [0.25, 0.3) is 0 Å². The van der Waals surface area contributed by atoms with Gasteiger partial charge in [0.05, 0.1) is 37.8 Å². The summed E-state index contributed by atoms with van der Waals surface area (Å²) in [5, 5.41) is 69.5. The number of phenolic OH excluding ortho intramolecular Hbond substituents is 1. The monoisotopic (exact) mass is 699 g/mol. The summed E-state index contributed by atoms with van der Waals surface area (Å²) in [6.45, 7) is 0.760. The molecule has 6 atom stereocenters. The number of rotatable bonds is 12. The number of carbonyl (C=O) groups is 1. The Morgan fingerprint density at radius 1 is 1.00 bits per heavy atom. The van der Waals surface area contributed by atoms with Crippen molar-refractivity contribution >= 4 is 29.0 Å². The number of carbonyl (C=O) groups excluding carboxylic acids is 1. The molecule has 3 aromatic heterocycles. The lowest BCUT2D eigenvalue weighted by Gasteiger charge is -2.22. The molecule has 0 radical (unpaired) electrons. The smallest absolute Gasteiger partial charge is 0.315 e. The first-order valence-corrected chi connectivity index (χ1v) is 16.9. The van der Waals surface area contributed by atoms with E-state index in [0.717, 1.165) is 11.1 Å². The van der Waals surface area contributed by atoms with Crippen LogP contribution in [0.1, 0.15) is 41.7 Å². The Bertz CT molecular complexity index is 1960. The molecule has 0 spiro atoms. The van der Waals surface area contributed by atoms with Crippen LogP contribution in [0.5, 0.6) is 5.75 Å². The van der Waals surface area contributed by atoms with E-state index in [1.165, 1.54) is 11.0 Å². The predicted molar refractivity (Wildman–Crippen MR) is 185 cm³/mol. The second kappa shape index (κ2) is 14.9. The van der Waals surface area contributed by atoms with Crippen LogP contribution in [0.2, 0.25) is 0 Å². The number of aliphatic hydroxyl groups excluding tert-OH is 4. The molecule has 7 rings (SSSR count). The Labute approximate surface area is 292 Å². The number of aromatic nitrogens is 7. The number of nitrogens with one attached hydrogen (secondary N) is 3. The first kappa shape index (κ1) is 34.1. The first-order valence-electron chi connectivity index (χ1n) is 16.9. The minimum Gasteiger partial charge on any atom is -0.508 e. The van der Waals surface area contributed by atoms with Gasteiger partial charge in [0, 0.05) is 25.7 Å². The van der Waals surface area contributed by atoms with Gasteiger partial charge in [-0.3, -0.25) is 0 Å². The molecule has 4 heterocycles. The fourth-order valence-electron chi connectivity index (χ4n) is 6.82. The van der Waals surface area contributed by atoms with Gasteiger partial charge in [-0.25, -0.2) is 9.78 Å². The highest BCUT2D eigenvalue weighted by atomic mass is 16.3. The highest BCUT2D eigenvalue weighted by molar-refractivity contribution is 5.85. The second-order valence-electron chi connectivity index (χ2n) is 13.0. The molecule has 2 aromatic carbocycles. The van der Waals surface area contributed by atoms with E-state index in [2.05, 4.69) is 31.1 Å². The summed E-state index contributed by atoms with van der Waals surface area (Å²) in [5.74, 6) is 0.900. The quantitative estimate of drug-likeness (QED) is 0.0894. The largest absolute Gasteiger partial charge is 0.508 e. The number of imidazole rings is 1. The van der Waals surface area contributed by atoms with Crippen LogP contribution < -0.4 is 20.9 Å². The number of urea groups is 1. The molecular formula is C34H41N11O6. The lowest BCUT2D eigenvalue weighted by molar-refractivity contribution is 0.00491. The van der Waals surface area contributed by atoms with Crippen LogP contribution in [0.4, 0.5) is 16.6 Å². The summed E-state index contributed by atoms with van der Waals surface area (Å²) in [6, 6.07) is 14.2. The van der Waals surface area contributed by atoms with Gasteiger partial charge < -0.3 is 51.0 Å². The van der Waals surface area contributed by atoms with Crippen LogP contribution in [0.25, 0.3) is 11.2 Å². The highest BCUT2D eigenvalue weighted by Gasteiger charge is 2.45. The molecule has 1 saturated carbocycles. The molecule has 17 heteroatoms. The number of amides is 2. The van der Waals surface area contributed by atoms with Gasteiger partial charge in [0.1, 0.15) is 29.7 Å². The van der Waals surface area contributed by atoms with Crippen LogP contribution in [0.3, 0.4) is 0 Å². The SMILES string of the molecule is O=C(NCc1cccc(O)c1)N[C@@H]1CCN(c2nc(N[C@H](CO)Cc3ccccc3)c3ncn([C@@H]4C[C@H](n5ncc(CO)n5)[C@@H](O)[C@H]4O)c3n2)C1. The van der Waals surface area contributed by atoms with E-state index in [-0.39, 0.29) is 44.0 Å². The number of aromatic hydroxyl groups is 1. The van der Waals surface area contributed by atoms with Crippen molar-refractivity contribution in [1.82, 2.24) is 45.1 Å². The zero-order valence-electron chi connectivity index (χ0n) is 27.7. The van der Waals surface area contributed by atoms with Gasteiger partial charge in [-0.15, -0.1) is 0 Å². The van der Waals surface area contributed by atoms with E-state index >= 15 is 0 Å². The molecule has 1 aliphatic heterocycles. The molecule has 0 unspecified atom stereocenters. The molecule has 8 N–H and O–H groups in total. The molecular weight excluding hydrogens is 658 g/mol. The maximum absolute atomic E-state index is 12.7. The summed E-state index contributed by atoms with van der Waals surface area (Å²) in [6.07, 6.45) is 2.00. The Hall–Kier alpha value is -5.36. The molecule has 1 saturated heterocycles. The van der Waals surface area contributed by atoms with Crippen molar-refractivity contribution in [3.05, 3.63) is 83.9 Å². The number of hydrogen-bond donors (Lipinski definition) is 8. The van der Waals surface area contributed by atoms with E-state index in [9.17, 15) is 30.3 Å². The lowest BCUT2D eigenvalue weighted by Crippen LogP contribution is -2.43. The normalized spacial score (nSPS) is 22.4. The van der Waals surface area contributed by atoms with Crippen LogP contribution >= 0.6 is 0 Å². The van der Waals surface area contributed by atoms with Crippen LogP contribution in [0, 0.1) is 0 Å². The van der Waals surface area contributed by atoms with Crippen molar-refractivity contribution in [3.63, 3.8) is 0 Å². The number of anilines is 2. The van der Waals surface area contributed by atoms with Crippen molar-refractivity contribution < 1.29 is 30.3 Å². The molecule has 0 bridgehead atoms. The molecule has 5 aromatic rings. The molecule has 2 fully saturated rings. The molecule has 51 heavy (non-hydrogen) atoms. The number of fused-ring (bicyclic) bond motifs is 1. The number of benzene rings is 2. The number of aliphatic hydroxyl groups is 4. The Morgan fingerprint density at radius 2 is 1.80 bits per heavy atom. The molecule has 2 aliphatic rings. The van der Waals surface area contributed by atoms with E-state index in [1.807, 2.05) is 41.3 Å². The first-order chi connectivity index (χ1) is 24.8. The van der Waals surface area contributed by atoms with Crippen LogP contribution in [-0.4, -0.2) is 110 Å².